The van der Waals surface area contributed by atoms with Crippen LogP contribution in [0.5, 0.6) is 0 Å². The number of hydrogen-bond acceptors (Lipinski definition) is 3. The summed E-state index contributed by atoms with van der Waals surface area (Å²) >= 11 is 0. The molecule has 1 fully saturated rings. The van der Waals surface area contributed by atoms with E-state index >= 15 is 0 Å². The number of hydrogen-bond donors (Lipinski definition) is 1. The summed E-state index contributed by atoms with van der Waals surface area (Å²) in [5.74, 6) is 0.631. The minimum atomic E-state index is -0.572. The molecule has 33 heavy (non-hydrogen) atoms. The number of nitrogens with zero attached hydrogens (tertiary/aromatic N) is 3. The van der Waals surface area contributed by atoms with Gasteiger partial charge in [-0.05, 0) is 41.8 Å². The normalized spacial score (nSPS) is 16.1. The highest BCUT2D eigenvalue weighted by Gasteiger charge is 2.34. The van der Waals surface area contributed by atoms with Gasteiger partial charge in [-0.15, -0.1) is 0 Å². The maximum atomic E-state index is 13.5. The summed E-state index contributed by atoms with van der Waals surface area (Å²) in [6.07, 6.45) is 0.452. The summed E-state index contributed by atoms with van der Waals surface area (Å²) in [5, 5.41) is 2.94. The Labute approximate surface area is 192 Å². The van der Waals surface area contributed by atoms with Crippen LogP contribution in [-0.4, -0.2) is 45.4 Å². The van der Waals surface area contributed by atoms with Crippen molar-refractivity contribution in [2.24, 2.45) is 7.05 Å². The van der Waals surface area contributed by atoms with Crippen molar-refractivity contribution in [3.63, 3.8) is 0 Å². The van der Waals surface area contributed by atoms with E-state index < -0.39 is 6.04 Å². The predicted molar refractivity (Wildman–Crippen MR) is 129 cm³/mol. The Morgan fingerprint density at radius 2 is 1.82 bits per heavy atom. The fourth-order valence-corrected chi connectivity index (χ4v) is 4.59. The van der Waals surface area contributed by atoms with Crippen molar-refractivity contribution in [1.29, 1.82) is 0 Å². The monoisotopic (exact) mass is 438 g/mol. The number of nitrogens with one attached hydrogen (secondary N) is 1. The van der Waals surface area contributed by atoms with Crippen LogP contribution in [0.3, 0.4) is 0 Å². The third-order valence-corrected chi connectivity index (χ3v) is 6.46. The smallest absolute Gasteiger partial charge is 0.254 e. The molecular formula is C27H26N4O2. The molecule has 1 saturated heterocycles. The first-order valence-corrected chi connectivity index (χ1v) is 11.2. The molecule has 1 unspecified atom stereocenters. The third kappa shape index (κ3) is 3.89. The highest BCUT2D eigenvalue weighted by Crippen LogP contribution is 2.27. The Bertz CT molecular complexity index is 1340. The van der Waals surface area contributed by atoms with Gasteiger partial charge in [0.25, 0.3) is 5.91 Å². The lowest BCUT2D eigenvalue weighted by Gasteiger charge is -2.35. The quantitative estimate of drug-likeness (QED) is 0.528. The fourth-order valence-electron chi connectivity index (χ4n) is 4.59. The highest BCUT2D eigenvalue weighted by atomic mass is 16.2. The SMILES string of the molecule is Cc1nc2cc(C(=O)N3CCNC(=O)C3Cc3ccccc3-c3ccccc3)ccc2n1C. The molecular weight excluding hydrogens is 412 g/mol. The number of piperazine rings is 1. The molecule has 5 rings (SSSR count). The molecule has 3 aromatic carbocycles. The predicted octanol–water partition coefficient (Wildman–Crippen LogP) is 3.73. The molecule has 0 radical (unpaired) electrons. The molecule has 0 bridgehead atoms. The Balaban J connectivity index is 1.47. The van der Waals surface area contributed by atoms with Gasteiger partial charge in [-0.2, -0.15) is 0 Å². The van der Waals surface area contributed by atoms with Crippen molar-refractivity contribution in [2.75, 3.05) is 13.1 Å². The van der Waals surface area contributed by atoms with Gasteiger partial charge in [0, 0.05) is 32.1 Å². The lowest BCUT2D eigenvalue weighted by atomic mass is 9.93. The second-order valence-corrected chi connectivity index (χ2v) is 8.45. The van der Waals surface area contributed by atoms with E-state index in [0.717, 1.165) is 33.5 Å². The first-order chi connectivity index (χ1) is 16.0. The van der Waals surface area contributed by atoms with Crippen molar-refractivity contribution in [1.82, 2.24) is 19.8 Å². The van der Waals surface area contributed by atoms with E-state index in [1.165, 1.54) is 0 Å². The van der Waals surface area contributed by atoms with Crippen LogP contribution < -0.4 is 5.32 Å². The molecule has 0 spiro atoms. The molecule has 166 valence electrons. The molecule has 2 heterocycles. The van der Waals surface area contributed by atoms with Crippen LogP contribution in [0.1, 0.15) is 21.7 Å². The summed E-state index contributed by atoms with van der Waals surface area (Å²) in [5.41, 5.74) is 5.53. The van der Waals surface area contributed by atoms with Gasteiger partial charge in [-0.1, -0.05) is 54.6 Å². The standard InChI is InChI=1S/C27H26N4O2/c1-18-29-23-16-21(12-13-24(23)30(18)2)27(33)31-15-14-28-26(32)25(31)17-20-10-6-7-11-22(20)19-8-4-3-5-9-19/h3-13,16,25H,14-15,17H2,1-2H3,(H,28,32). The van der Waals surface area contributed by atoms with Gasteiger partial charge in [0.2, 0.25) is 5.91 Å². The minimum Gasteiger partial charge on any atom is -0.353 e. The zero-order valence-corrected chi connectivity index (χ0v) is 18.8. The number of rotatable bonds is 4. The van der Waals surface area contributed by atoms with Crippen molar-refractivity contribution in [3.8, 4) is 11.1 Å². The Morgan fingerprint density at radius 3 is 2.64 bits per heavy atom. The van der Waals surface area contributed by atoms with Gasteiger partial charge >= 0.3 is 0 Å². The van der Waals surface area contributed by atoms with Crippen LogP contribution in [0.4, 0.5) is 0 Å². The average molecular weight is 439 g/mol. The number of imidazole rings is 1. The van der Waals surface area contributed by atoms with Crippen molar-refractivity contribution in [3.05, 3.63) is 89.7 Å². The second-order valence-electron chi connectivity index (χ2n) is 8.45. The molecule has 0 saturated carbocycles. The Kier molecular flexibility index (Phi) is 5.42. The van der Waals surface area contributed by atoms with E-state index in [1.807, 2.05) is 73.1 Å². The van der Waals surface area contributed by atoms with E-state index in [-0.39, 0.29) is 11.8 Å². The molecule has 1 aliphatic rings. The Morgan fingerprint density at radius 1 is 1.06 bits per heavy atom. The number of carbonyl (C=O) groups is 2. The third-order valence-electron chi connectivity index (χ3n) is 6.46. The van der Waals surface area contributed by atoms with Crippen LogP contribution in [0.2, 0.25) is 0 Å². The van der Waals surface area contributed by atoms with Gasteiger partial charge in [-0.25, -0.2) is 4.98 Å². The summed E-state index contributed by atoms with van der Waals surface area (Å²) < 4.78 is 2.00. The van der Waals surface area contributed by atoms with Crippen LogP contribution in [0.15, 0.2) is 72.8 Å². The number of carbonyl (C=O) groups excluding carboxylic acids is 2. The number of benzene rings is 3. The fraction of sp³-hybridized carbons (Fsp3) is 0.222. The molecule has 2 amide bonds. The number of aromatic nitrogens is 2. The van der Waals surface area contributed by atoms with Gasteiger partial charge in [-0.3, -0.25) is 9.59 Å². The molecule has 1 aliphatic heterocycles. The molecule has 1 N–H and O–H groups in total. The maximum Gasteiger partial charge on any atom is 0.254 e. The van der Waals surface area contributed by atoms with Crippen LogP contribution in [0.25, 0.3) is 22.2 Å². The first-order valence-electron chi connectivity index (χ1n) is 11.2. The van der Waals surface area contributed by atoms with E-state index in [9.17, 15) is 9.59 Å². The summed E-state index contributed by atoms with van der Waals surface area (Å²) in [6, 6.07) is 23.2. The molecule has 6 nitrogen and oxygen atoms in total. The van der Waals surface area contributed by atoms with E-state index in [4.69, 9.17) is 0 Å². The lowest BCUT2D eigenvalue weighted by molar-refractivity contribution is -0.127. The largest absolute Gasteiger partial charge is 0.353 e. The van der Waals surface area contributed by atoms with E-state index in [0.29, 0.717) is 25.1 Å². The van der Waals surface area contributed by atoms with Crippen molar-refractivity contribution < 1.29 is 9.59 Å². The minimum absolute atomic E-state index is 0.118. The maximum absolute atomic E-state index is 13.5. The summed E-state index contributed by atoms with van der Waals surface area (Å²) in [4.78, 5) is 32.7. The van der Waals surface area contributed by atoms with Gasteiger partial charge in [0.1, 0.15) is 11.9 Å². The molecule has 1 atom stereocenters. The zero-order chi connectivity index (χ0) is 22.9. The topological polar surface area (TPSA) is 67.2 Å². The zero-order valence-electron chi connectivity index (χ0n) is 18.8. The van der Waals surface area contributed by atoms with Crippen molar-refractivity contribution in [2.45, 2.75) is 19.4 Å². The van der Waals surface area contributed by atoms with E-state index in [2.05, 4.69) is 28.5 Å². The average Bonchev–Trinajstić information content (AvgIpc) is 3.13. The van der Waals surface area contributed by atoms with Gasteiger partial charge < -0.3 is 14.8 Å². The molecule has 6 heteroatoms. The van der Waals surface area contributed by atoms with Crippen LogP contribution in [0, 0.1) is 6.92 Å². The number of fused-ring (bicyclic) bond motifs is 1. The second kappa shape index (κ2) is 8.54. The summed E-state index contributed by atoms with van der Waals surface area (Å²) in [6.45, 7) is 2.87. The first kappa shape index (κ1) is 20.9. The molecule has 0 aliphatic carbocycles. The van der Waals surface area contributed by atoms with Crippen molar-refractivity contribution >= 4 is 22.8 Å². The number of amides is 2. The van der Waals surface area contributed by atoms with E-state index in [1.54, 1.807) is 4.90 Å². The van der Waals surface area contributed by atoms with Crippen LogP contribution in [-0.2, 0) is 18.3 Å². The molecule has 1 aromatic heterocycles. The van der Waals surface area contributed by atoms with Gasteiger partial charge in [0.05, 0.1) is 11.0 Å². The number of aryl methyl sites for hydroxylation is 2. The molecule has 4 aromatic rings. The summed E-state index contributed by atoms with van der Waals surface area (Å²) in [7, 11) is 1.96. The Hall–Kier alpha value is -3.93. The van der Waals surface area contributed by atoms with Crippen LogP contribution >= 0.6 is 0 Å². The van der Waals surface area contributed by atoms with Gasteiger partial charge in [0.15, 0.2) is 0 Å². The lowest BCUT2D eigenvalue weighted by Crippen LogP contribution is -2.58. The highest BCUT2D eigenvalue weighted by molar-refractivity contribution is 6.00.